The van der Waals surface area contributed by atoms with Crippen molar-refractivity contribution in [2.75, 3.05) is 0 Å². The van der Waals surface area contributed by atoms with Crippen molar-refractivity contribution < 1.29 is 4.39 Å². The Morgan fingerprint density at radius 1 is 1.16 bits per heavy atom. The highest BCUT2D eigenvalue weighted by molar-refractivity contribution is 7.80. The second-order valence-corrected chi connectivity index (χ2v) is 3.64. The lowest BCUT2D eigenvalue weighted by atomic mass is 10.6. The number of imidazole rings is 1. The van der Waals surface area contributed by atoms with Crippen LogP contribution in [0.25, 0.3) is 11.2 Å². The van der Waals surface area contributed by atoms with Gasteiger partial charge in [-0.2, -0.15) is 4.39 Å². The van der Waals surface area contributed by atoms with Gasteiger partial charge in [0.15, 0.2) is 5.65 Å². The maximum absolute atomic E-state index is 12.0. The van der Waals surface area contributed by atoms with Crippen LogP contribution in [0.1, 0.15) is 0 Å². The van der Waals surface area contributed by atoms with E-state index in [4.69, 9.17) is 0 Å². The third-order valence-corrected chi connectivity index (χ3v) is 2.30. The molecule has 3 aromatic rings. The molecule has 3 rings (SSSR count). The second kappa shape index (κ2) is 5.44. The van der Waals surface area contributed by atoms with E-state index in [2.05, 4.69) is 32.6 Å². The molecule has 10 heteroatoms. The van der Waals surface area contributed by atoms with Gasteiger partial charge in [-0.3, -0.25) is 9.78 Å². The first-order chi connectivity index (χ1) is 9.08. The second-order valence-electron chi connectivity index (χ2n) is 3.22. The van der Waals surface area contributed by atoms with Crippen molar-refractivity contribution >= 4 is 23.8 Å². The summed E-state index contributed by atoms with van der Waals surface area (Å²) in [6, 6.07) is 0. The summed E-state index contributed by atoms with van der Waals surface area (Å²) in [7, 11) is 0. The molecule has 0 saturated carbocycles. The van der Waals surface area contributed by atoms with Gasteiger partial charge in [0, 0.05) is 6.20 Å². The summed E-state index contributed by atoms with van der Waals surface area (Å²) in [4.78, 5) is 38.6. The predicted octanol–water partition coefficient (Wildman–Crippen LogP) is -0.156. The van der Waals surface area contributed by atoms with Crippen LogP contribution in [0.15, 0.2) is 33.5 Å². The number of aromatic nitrogens is 6. The van der Waals surface area contributed by atoms with Gasteiger partial charge >= 0.3 is 5.69 Å². The fourth-order valence-corrected chi connectivity index (χ4v) is 1.36. The molecule has 0 unspecified atom stereocenters. The van der Waals surface area contributed by atoms with Crippen LogP contribution in [0, 0.1) is 5.82 Å². The molecule has 0 fully saturated rings. The zero-order chi connectivity index (χ0) is 13.8. The Labute approximate surface area is 109 Å². The lowest BCUT2D eigenvalue weighted by Crippen LogP contribution is -2.23. The predicted molar refractivity (Wildman–Crippen MR) is 66.6 cm³/mol. The molecule has 0 radical (unpaired) electrons. The summed E-state index contributed by atoms with van der Waals surface area (Å²) >= 11 is 4.08. The van der Waals surface area contributed by atoms with E-state index in [1.807, 2.05) is 4.98 Å². The topological polar surface area (TPSA) is 120 Å². The first kappa shape index (κ1) is 13.0. The average Bonchev–Trinajstić information content (AvgIpc) is 2.85. The number of nitrogens with zero attached hydrogens (tertiary/aromatic N) is 3. The molecule has 0 amide bonds. The maximum atomic E-state index is 12.0. The molecule has 0 saturated heterocycles. The van der Waals surface area contributed by atoms with Crippen molar-refractivity contribution in [2.24, 2.45) is 0 Å². The van der Waals surface area contributed by atoms with Crippen molar-refractivity contribution in [2.45, 2.75) is 5.03 Å². The van der Waals surface area contributed by atoms with E-state index in [9.17, 15) is 14.0 Å². The van der Waals surface area contributed by atoms with Crippen LogP contribution >= 0.6 is 12.6 Å². The number of hydrogen-bond acceptors (Lipinski definition) is 6. The quantitative estimate of drug-likeness (QED) is 0.337. The number of H-pyrrole nitrogens is 3. The smallest absolute Gasteiger partial charge is 0.325 e. The maximum Gasteiger partial charge on any atom is 0.325 e. The normalized spacial score (nSPS) is 10.0. The summed E-state index contributed by atoms with van der Waals surface area (Å²) in [5.74, 6) is -0.991. The van der Waals surface area contributed by atoms with Crippen molar-refractivity contribution in [3.63, 3.8) is 0 Å². The number of halogens is 1. The van der Waals surface area contributed by atoms with Crippen LogP contribution in [0.5, 0.6) is 0 Å². The Kier molecular flexibility index (Phi) is 3.71. The number of nitrogens with one attached hydrogen (secondary N) is 3. The van der Waals surface area contributed by atoms with Gasteiger partial charge in [-0.05, 0) is 0 Å². The van der Waals surface area contributed by atoms with Crippen molar-refractivity contribution in [1.29, 1.82) is 0 Å². The lowest BCUT2D eigenvalue weighted by Gasteiger charge is -1.87. The highest BCUT2D eigenvalue weighted by Gasteiger charge is 1.99. The van der Waals surface area contributed by atoms with E-state index < -0.39 is 17.1 Å². The Balaban J connectivity index is 0.000000141. The molecule has 3 heterocycles. The summed E-state index contributed by atoms with van der Waals surface area (Å²) in [6.45, 7) is 0. The third-order valence-electron chi connectivity index (χ3n) is 1.97. The van der Waals surface area contributed by atoms with Crippen molar-refractivity contribution in [3.05, 3.63) is 45.5 Å². The van der Waals surface area contributed by atoms with E-state index in [0.717, 1.165) is 5.65 Å². The van der Waals surface area contributed by atoms with Gasteiger partial charge in [0.2, 0.25) is 5.82 Å². The van der Waals surface area contributed by atoms with Gasteiger partial charge < -0.3 is 9.97 Å². The molecule has 3 N–H and O–H groups in total. The summed E-state index contributed by atoms with van der Waals surface area (Å²) in [5.41, 5.74) is -0.272. The highest BCUT2D eigenvalue weighted by atomic mass is 32.1. The Morgan fingerprint density at radius 3 is 2.58 bits per heavy atom. The first-order valence-corrected chi connectivity index (χ1v) is 5.33. The molecule has 3 aromatic heterocycles. The average molecular weight is 282 g/mol. The van der Waals surface area contributed by atoms with Crippen LogP contribution < -0.4 is 11.2 Å². The third kappa shape index (κ3) is 3.04. The minimum Gasteiger partial charge on any atom is -0.329 e. The van der Waals surface area contributed by atoms with E-state index in [-0.39, 0.29) is 0 Å². The van der Waals surface area contributed by atoms with E-state index in [0.29, 0.717) is 16.7 Å². The van der Waals surface area contributed by atoms with Gasteiger partial charge in [-0.25, -0.2) is 19.7 Å². The molecule has 19 heavy (non-hydrogen) atoms. The molecule has 98 valence electrons. The standard InChI is InChI=1S/C5H4N4S.C4H3FN2O2/c10-5-3-4(7-1-6-3)8-2-9-5;5-2-1-6-4(9)7-3(2)8/h1-2H,(H2,6,7,8,9,10);1H,(H2,6,7,8,9). The molecule has 8 nitrogen and oxygen atoms in total. The minimum absolute atomic E-state index is 0.603. The van der Waals surface area contributed by atoms with Crippen molar-refractivity contribution in [3.8, 4) is 0 Å². The molecule has 0 aliphatic heterocycles. The van der Waals surface area contributed by atoms with Crippen LogP contribution in [-0.4, -0.2) is 29.9 Å². The van der Waals surface area contributed by atoms with E-state index in [1.165, 1.54) is 6.33 Å². The highest BCUT2D eigenvalue weighted by Crippen LogP contribution is 2.11. The Morgan fingerprint density at radius 2 is 1.95 bits per heavy atom. The molecular weight excluding hydrogens is 275 g/mol. The largest absolute Gasteiger partial charge is 0.329 e. The van der Waals surface area contributed by atoms with Gasteiger partial charge in [-0.1, -0.05) is 0 Å². The summed E-state index contributed by atoms with van der Waals surface area (Å²) < 4.78 is 12.0. The molecule has 0 bridgehead atoms. The number of rotatable bonds is 0. The van der Waals surface area contributed by atoms with Crippen LogP contribution in [0.2, 0.25) is 0 Å². The Hall–Kier alpha value is -2.49. The molecule has 0 aliphatic carbocycles. The monoisotopic (exact) mass is 282 g/mol. The summed E-state index contributed by atoms with van der Waals surface area (Å²) in [6.07, 6.45) is 3.73. The van der Waals surface area contributed by atoms with Gasteiger partial charge in [0.05, 0.1) is 6.33 Å². The molecule has 0 aromatic carbocycles. The van der Waals surface area contributed by atoms with Crippen molar-refractivity contribution in [1.82, 2.24) is 29.9 Å². The zero-order valence-corrected chi connectivity index (χ0v) is 10.1. The van der Waals surface area contributed by atoms with Crippen LogP contribution in [0.4, 0.5) is 4.39 Å². The number of aromatic amines is 3. The summed E-state index contributed by atoms with van der Waals surface area (Å²) in [5, 5.41) is 0.603. The lowest BCUT2D eigenvalue weighted by molar-refractivity contribution is 0.597. The van der Waals surface area contributed by atoms with Gasteiger partial charge in [0.1, 0.15) is 16.9 Å². The number of thiol groups is 1. The molecule has 0 spiro atoms. The molecule has 0 aliphatic rings. The van der Waals surface area contributed by atoms with Crippen LogP contribution in [0.3, 0.4) is 0 Å². The fourth-order valence-electron chi connectivity index (χ4n) is 1.15. The van der Waals surface area contributed by atoms with Crippen LogP contribution in [-0.2, 0) is 0 Å². The van der Waals surface area contributed by atoms with Gasteiger partial charge in [-0.15, -0.1) is 12.6 Å². The fraction of sp³-hybridized carbons (Fsp3) is 0. The zero-order valence-electron chi connectivity index (χ0n) is 9.22. The Bertz CT molecular complexity index is 810. The number of fused-ring (bicyclic) bond motifs is 1. The number of hydrogen-bond donors (Lipinski definition) is 4. The van der Waals surface area contributed by atoms with E-state index in [1.54, 1.807) is 11.3 Å². The molecular formula is C9H7FN6O2S. The first-order valence-electron chi connectivity index (χ1n) is 4.88. The van der Waals surface area contributed by atoms with Gasteiger partial charge in [0.25, 0.3) is 5.56 Å². The van der Waals surface area contributed by atoms with E-state index >= 15 is 0 Å². The minimum atomic E-state index is -1.00. The molecule has 0 atom stereocenters. The SMILES string of the molecule is O=c1[nH]cc(F)c(=O)[nH]1.Sc1ncnc2[nH]cnc12.